The smallest absolute Gasteiger partial charge is 0.338 e. The summed E-state index contributed by atoms with van der Waals surface area (Å²) in [6.45, 7) is 3.83. The molecule has 0 heterocycles. The number of hydrogen-bond donors (Lipinski definition) is 1. The summed E-state index contributed by atoms with van der Waals surface area (Å²) in [5.41, 5.74) is 1.63. The Hall–Kier alpha value is -1.35. The Morgan fingerprint density at radius 1 is 1.38 bits per heavy atom. The molecule has 1 atom stereocenters. The van der Waals surface area contributed by atoms with Crippen LogP contribution in [-0.4, -0.2) is 23.8 Å². The highest BCUT2D eigenvalue weighted by Gasteiger charge is 2.13. The molecule has 0 aliphatic heterocycles. The van der Waals surface area contributed by atoms with E-state index in [-0.39, 0.29) is 18.7 Å². The lowest BCUT2D eigenvalue weighted by molar-refractivity contribution is 0.0113. The summed E-state index contributed by atoms with van der Waals surface area (Å²) in [6.07, 6.45) is 1.18. The second-order valence-corrected chi connectivity index (χ2v) is 3.86. The Labute approximate surface area is 96.1 Å². The maximum Gasteiger partial charge on any atom is 0.338 e. The quantitative estimate of drug-likeness (QED) is 0.778. The standard InChI is InChI=1S/C13H18O3/c1-3-4-12(9-14)16-13(15)11-7-5-10(2)6-8-11/h5-8,12,14H,3-4,9H2,1-2H3. The van der Waals surface area contributed by atoms with Crippen molar-refractivity contribution in [1.29, 1.82) is 0 Å². The van der Waals surface area contributed by atoms with Crippen LogP contribution in [0.1, 0.15) is 35.7 Å². The van der Waals surface area contributed by atoms with Crippen LogP contribution in [0.5, 0.6) is 0 Å². The van der Waals surface area contributed by atoms with E-state index in [0.717, 1.165) is 12.0 Å². The van der Waals surface area contributed by atoms with E-state index in [2.05, 4.69) is 0 Å². The van der Waals surface area contributed by atoms with Crippen molar-refractivity contribution in [3.05, 3.63) is 35.4 Å². The zero-order valence-corrected chi connectivity index (χ0v) is 9.77. The zero-order valence-electron chi connectivity index (χ0n) is 9.77. The van der Waals surface area contributed by atoms with Crippen LogP contribution in [-0.2, 0) is 4.74 Å². The average molecular weight is 222 g/mol. The van der Waals surface area contributed by atoms with Gasteiger partial charge < -0.3 is 9.84 Å². The fraction of sp³-hybridized carbons (Fsp3) is 0.462. The number of aliphatic hydroxyl groups is 1. The van der Waals surface area contributed by atoms with Crippen LogP contribution >= 0.6 is 0 Å². The average Bonchev–Trinajstić information content (AvgIpc) is 2.29. The summed E-state index contributed by atoms with van der Waals surface area (Å²) in [6, 6.07) is 7.20. The lowest BCUT2D eigenvalue weighted by atomic mass is 10.1. The molecule has 3 nitrogen and oxygen atoms in total. The number of ether oxygens (including phenoxy) is 1. The predicted molar refractivity (Wildman–Crippen MR) is 62.4 cm³/mol. The predicted octanol–water partition coefficient (Wildman–Crippen LogP) is 2.31. The first-order valence-electron chi connectivity index (χ1n) is 5.56. The third kappa shape index (κ3) is 3.66. The van der Waals surface area contributed by atoms with Gasteiger partial charge in [0.25, 0.3) is 0 Å². The van der Waals surface area contributed by atoms with Gasteiger partial charge in [0.15, 0.2) is 0 Å². The van der Waals surface area contributed by atoms with Crippen LogP contribution in [0.2, 0.25) is 0 Å². The van der Waals surface area contributed by atoms with Gasteiger partial charge in [-0.3, -0.25) is 0 Å². The summed E-state index contributed by atoms with van der Waals surface area (Å²) < 4.78 is 5.18. The normalized spacial score (nSPS) is 12.2. The molecule has 1 aromatic carbocycles. The molecule has 3 heteroatoms. The first-order chi connectivity index (χ1) is 7.67. The van der Waals surface area contributed by atoms with Gasteiger partial charge in [-0.2, -0.15) is 0 Å². The molecule has 1 unspecified atom stereocenters. The van der Waals surface area contributed by atoms with E-state index in [1.54, 1.807) is 12.1 Å². The van der Waals surface area contributed by atoms with E-state index < -0.39 is 0 Å². The number of benzene rings is 1. The van der Waals surface area contributed by atoms with Gasteiger partial charge in [0.05, 0.1) is 12.2 Å². The molecule has 16 heavy (non-hydrogen) atoms. The van der Waals surface area contributed by atoms with Crippen LogP contribution < -0.4 is 0 Å². The Bertz CT molecular complexity index is 330. The van der Waals surface area contributed by atoms with Gasteiger partial charge >= 0.3 is 5.97 Å². The second kappa shape index (κ2) is 6.28. The summed E-state index contributed by atoms with van der Waals surface area (Å²) >= 11 is 0. The van der Waals surface area contributed by atoms with E-state index >= 15 is 0 Å². The maximum absolute atomic E-state index is 11.7. The SMILES string of the molecule is CCCC(CO)OC(=O)c1ccc(C)cc1. The topological polar surface area (TPSA) is 46.5 Å². The fourth-order valence-corrected chi connectivity index (χ4v) is 1.42. The molecule has 0 amide bonds. The number of aryl methyl sites for hydroxylation is 1. The highest BCUT2D eigenvalue weighted by atomic mass is 16.6. The van der Waals surface area contributed by atoms with Gasteiger partial charge in [0.1, 0.15) is 6.10 Å². The Balaban J connectivity index is 2.60. The van der Waals surface area contributed by atoms with Gasteiger partial charge in [0, 0.05) is 0 Å². The molecule has 1 rings (SSSR count). The number of hydrogen-bond acceptors (Lipinski definition) is 3. The third-order valence-corrected chi connectivity index (χ3v) is 2.38. The number of esters is 1. The number of aliphatic hydroxyl groups excluding tert-OH is 1. The van der Waals surface area contributed by atoms with Crippen molar-refractivity contribution in [2.45, 2.75) is 32.8 Å². The van der Waals surface area contributed by atoms with Crippen molar-refractivity contribution in [2.75, 3.05) is 6.61 Å². The monoisotopic (exact) mass is 222 g/mol. The zero-order chi connectivity index (χ0) is 12.0. The highest BCUT2D eigenvalue weighted by molar-refractivity contribution is 5.89. The van der Waals surface area contributed by atoms with Gasteiger partial charge in [-0.05, 0) is 25.5 Å². The van der Waals surface area contributed by atoms with Gasteiger partial charge in [-0.15, -0.1) is 0 Å². The number of rotatable bonds is 5. The third-order valence-electron chi connectivity index (χ3n) is 2.38. The van der Waals surface area contributed by atoms with E-state index in [1.807, 2.05) is 26.0 Å². The lowest BCUT2D eigenvalue weighted by Gasteiger charge is -2.14. The van der Waals surface area contributed by atoms with Crippen molar-refractivity contribution in [3.63, 3.8) is 0 Å². The van der Waals surface area contributed by atoms with Crippen molar-refractivity contribution in [3.8, 4) is 0 Å². The van der Waals surface area contributed by atoms with Gasteiger partial charge in [0.2, 0.25) is 0 Å². The summed E-state index contributed by atoms with van der Waals surface area (Å²) in [4.78, 5) is 11.7. The molecule has 1 N–H and O–H groups in total. The van der Waals surface area contributed by atoms with E-state index in [4.69, 9.17) is 9.84 Å². The van der Waals surface area contributed by atoms with Crippen LogP contribution in [0.25, 0.3) is 0 Å². The van der Waals surface area contributed by atoms with Gasteiger partial charge in [-0.25, -0.2) is 4.79 Å². The molecule has 0 saturated heterocycles. The molecule has 0 fully saturated rings. The van der Waals surface area contributed by atoms with Crippen LogP contribution in [0.4, 0.5) is 0 Å². The summed E-state index contributed by atoms with van der Waals surface area (Å²) in [7, 11) is 0. The molecule has 0 aliphatic rings. The van der Waals surface area contributed by atoms with E-state index in [1.165, 1.54) is 0 Å². The lowest BCUT2D eigenvalue weighted by Crippen LogP contribution is -2.21. The van der Waals surface area contributed by atoms with Crippen LogP contribution in [0.3, 0.4) is 0 Å². The number of carbonyl (C=O) groups excluding carboxylic acids is 1. The molecular weight excluding hydrogens is 204 g/mol. The number of carbonyl (C=O) groups is 1. The molecule has 88 valence electrons. The Morgan fingerprint density at radius 2 is 2.00 bits per heavy atom. The van der Waals surface area contributed by atoms with Gasteiger partial charge in [-0.1, -0.05) is 31.0 Å². The summed E-state index contributed by atoms with van der Waals surface area (Å²) in [5, 5.41) is 9.02. The molecule has 0 aromatic heterocycles. The first-order valence-corrected chi connectivity index (χ1v) is 5.56. The Kier molecular flexibility index (Phi) is 4.99. The minimum Gasteiger partial charge on any atom is -0.456 e. The van der Waals surface area contributed by atoms with Crippen molar-refractivity contribution in [2.24, 2.45) is 0 Å². The Morgan fingerprint density at radius 3 is 2.50 bits per heavy atom. The molecule has 0 spiro atoms. The minimum atomic E-state index is -0.390. The minimum absolute atomic E-state index is 0.120. The summed E-state index contributed by atoms with van der Waals surface area (Å²) in [5.74, 6) is -0.368. The van der Waals surface area contributed by atoms with Crippen LogP contribution in [0.15, 0.2) is 24.3 Å². The van der Waals surface area contributed by atoms with Crippen molar-refractivity contribution in [1.82, 2.24) is 0 Å². The van der Waals surface area contributed by atoms with Crippen LogP contribution in [0, 0.1) is 6.92 Å². The molecule has 0 radical (unpaired) electrons. The maximum atomic E-state index is 11.7. The van der Waals surface area contributed by atoms with E-state index in [0.29, 0.717) is 12.0 Å². The molecule has 0 saturated carbocycles. The van der Waals surface area contributed by atoms with Crippen molar-refractivity contribution < 1.29 is 14.6 Å². The van der Waals surface area contributed by atoms with E-state index in [9.17, 15) is 4.79 Å². The molecular formula is C13H18O3. The fourth-order valence-electron chi connectivity index (χ4n) is 1.42. The largest absolute Gasteiger partial charge is 0.456 e. The molecule has 0 aliphatic carbocycles. The first kappa shape index (κ1) is 12.7. The molecule has 0 bridgehead atoms. The van der Waals surface area contributed by atoms with Crippen molar-refractivity contribution >= 4 is 5.97 Å². The highest BCUT2D eigenvalue weighted by Crippen LogP contribution is 2.09. The second-order valence-electron chi connectivity index (χ2n) is 3.86. The molecule has 1 aromatic rings.